The van der Waals surface area contributed by atoms with Crippen LogP contribution in [0.15, 0.2) is 65.6 Å². The van der Waals surface area contributed by atoms with E-state index in [0.29, 0.717) is 18.0 Å². The third-order valence-corrected chi connectivity index (χ3v) is 6.06. The average Bonchev–Trinajstić information content (AvgIpc) is 2.57. The maximum Gasteiger partial charge on any atom is 0.243 e. The van der Waals surface area contributed by atoms with Crippen molar-refractivity contribution in [2.45, 2.75) is 10.9 Å². The van der Waals surface area contributed by atoms with Gasteiger partial charge in [-0.05, 0) is 24.7 Å². The van der Waals surface area contributed by atoms with Gasteiger partial charge in [0.15, 0.2) is 0 Å². The zero-order valence-corrected chi connectivity index (χ0v) is 13.4. The van der Waals surface area contributed by atoms with Gasteiger partial charge in [0, 0.05) is 25.7 Å². The third kappa shape index (κ3) is 2.92. The van der Waals surface area contributed by atoms with Gasteiger partial charge < -0.3 is 0 Å². The van der Waals surface area contributed by atoms with Gasteiger partial charge in [0.2, 0.25) is 10.0 Å². The summed E-state index contributed by atoms with van der Waals surface area (Å²) in [5.41, 5.74) is 1.15. The standard InChI is InChI=1S/C17H20N2O2S/c1-18-12-13-19(14-17(18)15-8-4-2-5-9-15)22(20,21)16-10-6-3-7-11-16/h2-11,17H,12-14H2,1H3. The van der Waals surface area contributed by atoms with E-state index in [0.717, 1.165) is 12.1 Å². The van der Waals surface area contributed by atoms with Crippen LogP contribution in [0.3, 0.4) is 0 Å². The Kier molecular flexibility index (Phi) is 4.29. The predicted octanol–water partition coefficient (Wildman–Crippen LogP) is 2.36. The Morgan fingerprint density at radius 1 is 0.909 bits per heavy atom. The van der Waals surface area contributed by atoms with E-state index in [1.807, 2.05) is 31.3 Å². The molecule has 0 aliphatic carbocycles. The van der Waals surface area contributed by atoms with Crippen molar-refractivity contribution in [2.24, 2.45) is 0 Å². The summed E-state index contributed by atoms with van der Waals surface area (Å²) in [6, 6.07) is 18.8. The highest BCUT2D eigenvalue weighted by Gasteiger charge is 2.33. The van der Waals surface area contributed by atoms with E-state index in [1.165, 1.54) is 0 Å². The Labute approximate surface area is 132 Å². The number of rotatable bonds is 3. The van der Waals surface area contributed by atoms with Gasteiger partial charge in [0.25, 0.3) is 0 Å². The van der Waals surface area contributed by atoms with Gasteiger partial charge in [0.1, 0.15) is 0 Å². The first-order chi connectivity index (χ1) is 10.6. The quantitative estimate of drug-likeness (QED) is 0.873. The van der Waals surface area contributed by atoms with Crippen molar-refractivity contribution in [2.75, 3.05) is 26.7 Å². The van der Waals surface area contributed by atoms with E-state index in [2.05, 4.69) is 17.0 Å². The van der Waals surface area contributed by atoms with Crippen molar-refractivity contribution >= 4 is 10.0 Å². The van der Waals surface area contributed by atoms with E-state index >= 15 is 0 Å². The summed E-state index contributed by atoms with van der Waals surface area (Å²) in [4.78, 5) is 2.58. The lowest BCUT2D eigenvalue weighted by atomic mass is 10.0. The summed E-state index contributed by atoms with van der Waals surface area (Å²) in [6.07, 6.45) is 0. The lowest BCUT2D eigenvalue weighted by molar-refractivity contribution is 0.148. The van der Waals surface area contributed by atoms with Gasteiger partial charge >= 0.3 is 0 Å². The molecule has 1 atom stereocenters. The Morgan fingerprint density at radius 2 is 1.50 bits per heavy atom. The minimum Gasteiger partial charge on any atom is -0.297 e. The van der Waals surface area contributed by atoms with Crippen LogP contribution in [0.5, 0.6) is 0 Å². The molecule has 4 nitrogen and oxygen atoms in total. The van der Waals surface area contributed by atoms with Crippen LogP contribution in [0.4, 0.5) is 0 Å². The summed E-state index contributed by atoms with van der Waals surface area (Å²) in [5, 5.41) is 0. The predicted molar refractivity (Wildman–Crippen MR) is 87.0 cm³/mol. The number of hydrogen-bond acceptors (Lipinski definition) is 3. The van der Waals surface area contributed by atoms with Crippen molar-refractivity contribution in [1.29, 1.82) is 0 Å². The van der Waals surface area contributed by atoms with E-state index < -0.39 is 10.0 Å². The van der Waals surface area contributed by atoms with Gasteiger partial charge in [-0.25, -0.2) is 8.42 Å². The molecule has 1 aliphatic rings. The number of nitrogens with zero attached hydrogens (tertiary/aromatic N) is 2. The summed E-state index contributed by atoms with van der Waals surface area (Å²) in [6.45, 7) is 1.74. The molecule has 22 heavy (non-hydrogen) atoms. The second kappa shape index (κ2) is 6.20. The summed E-state index contributed by atoms with van der Waals surface area (Å²) < 4.78 is 27.2. The SMILES string of the molecule is CN1CCN(S(=O)(=O)c2ccccc2)CC1c1ccccc1. The molecule has 1 heterocycles. The summed E-state index contributed by atoms with van der Waals surface area (Å²) in [7, 11) is -1.37. The number of piperazine rings is 1. The summed E-state index contributed by atoms with van der Waals surface area (Å²) >= 11 is 0. The fraction of sp³-hybridized carbons (Fsp3) is 0.294. The highest BCUT2D eigenvalue weighted by Crippen LogP contribution is 2.27. The second-order valence-corrected chi connectivity index (χ2v) is 7.52. The molecule has 0 bridgehead atoms. The smallest absolute Gasteiger partial charge is 0.243 e. The van der Waals surface area contributed by atoms with Crippen LogP contribution >= 0.6 is 0 Å². The van der Waals surface area contributed by atoms with Crippen LogP contribution < -0.4 is 0 Å². The first-order valence-electron chi connectivity index (χ1n) is 7.39. The monoisotopic (exact) mass is 316 g/mol. The highest BCUT2D eigenvalue weighted by atomic mass is 32.2. The molecule has 0 amide bonds. The molecule has 116 valence electrons. The lowest BCUT2D eigenvalue weighted by Gasteiger charge is -2.39. The number of hydrogen-bond donors (Lipinski definition) is 0. The first-order valence-corrected chi connectivity index (χ1v) is 8.83. The first kappa shape index (κ1) is 15.2. The van der Waals surface area contributed by atoms with Crippen molar-refractivity contribution in [3.8, 4) is 0 Å². The normalized spacial score (nSPS) is 20.9. The minimum atomic E-state index is -3.42. The fourth-order valence-corrected chi connectivity index (χ4v) is 4.30. The fourth-order valence-electron chi connectivity index (χ4n) is 2.84. The molecule has 5 heteroatoms. The van der Waals surface area contributed by atoms with Crippen LogP contribution in [0.25, 0.3) is 0 Å². The minimum absolute atomic E-state index is 0.0911. The van der Waals surface area contributed by atoms with E-state index in [9.17, 15) is 8.42 Å². The van der Waals surface area contributed by atoms with E-state index in [4.69, 9.17) is 0 Å². The highest BCUT2D eigenvalue weighted by molar-refractivity contribution is 7.89. The van der Waals surface area contributed by atoms with E-state index in [-0.39, 0.29) is 6.04 Å². The molecule has 2 aromatic carbocycles. The van der Waals surface area contributed by atoms with E-state index in [1.54, 1.807) is 28.6 Å². The van der Waals surface area contributed by atoms with Crippen molar-refractivity contribution in [1.82, 2.24) is 9.21 Å². The lowest BCUT2D eigenvalue weighted by Crippen LogP contribution is -2.48. The topological polar surface area (TPSA) is 40.6 Å². The Morgan fingerprint density at radius 3 is 2.14 bits per heavy atom. The van der Waals surface area contributed by atoms with Crippen LogP contribution in [0.2, 0.25) is 0 Å². The molecular weight excluding hydrogens is 296 g/mol. The van der Waals surface area contributed by atoms with Crippen molar-refractivity contribution in [3.05, 3.63) is 66.2 Å². The molecule has 0 N–H and O–H groups in total. The Bertz CT molecular complexity index is 717. The van der Waals surface area contributed by atoms with Crippen molar-refractivity contribution < 1.29 is 8.42 Å². The molecule has 0 radical (unpaired) electrons. The molecule has 1 unspecified atom stereocenters. The van der Waals surface area contributed by atoms with Crippen LogP contribution in [0.1, 0.15) is 11.6 Å². The molecular formula is C17H20N2O2S. The molecule has 0 saturated carbocycles. The molecule has 0 aromatic heterocycles. The van der Waals surface area contributed by atoms with Gasteiger partial charge in [0.05, 0.1) is 4.90 Å². The maximum atomic E-state index is 12.8. The molecule has 1 fully saturated rings. The maximum absolute atomic E-state index is 12.8. The molecule has 0 spiro atoms. The zero-order chi connectivity index (χ0) is 15.6. The third-order valence-electron chi connectivity index (χ3n) is 4.18. The largest absolute Gasteiger partial charge is 0.297 e. The van der Waals surface area contributed by atoms with Crippen molar-refractivity contribution in [3.63, 3.8) is 0 Å². The Hall–Kier alpha value is -1.69. The van der Waals surface area contributed by atoms with Crippen LogP contribution in [0, 0.1) is 0 Å². The molecule has 3 rings (SSSR count). The molecule has 2 aromatic rings. The van der Waals surface area contributed by atoms with Crippen LogP contribution in [-0.2, 0) is 10.0 Å². The number of sulfonamides is 1. The van der Waals surface area contributed by atoms with Crippen LogP contribution in [-0.4, -0.2) is 44.3 Å². The van der Waals surface area contributed by atoms with Gasteiger partial charge in [-0.2, -0.15) is 4.31 Å². The second-order valence-electron chi connectivity index (χ2n) is 5.58. The number of benzene rings is 2. The van der Waals surface area contributed by atoms with Gasteiger partial charge in [-0.1, -0.05) is 48.5 Å². The molecule has 1 saturated heterocycles. The molecule has 1 aliphatic heterocycles. The average molecular weight is 316 g/mol. The number of likely N-dealkylation sites (N-methyl/N-ethyl adjacent to an activating group) is 1. The van der Waals surface area contributed by atoms with Gasteiger partial charge in [-0.3, -0.25) is 4.90 Å². The zero-order valence-electron chi connectivity index (χ0n) is 12.6. The Balaban J connectivity index is 1.87. The van der Waals surface area contributed by atoms with Gasteiger partial charge in [-0.15, -0.1) is 0 Å². The summed E-state index contributed by atoms with van der Waals surface area (Å²) in [5.74, 6) is 0.